The second kappa shape index (κ2) is 11.9. The molecule has 0 aliphatic carbocycles. The van der Waals surface area contributed by atoms with E-state index in [0.717, 1.165) is 5.56 Å². The minimum atomic E-state index is -1.20. The van der Waals surface area contributed by atoms with Crippen molar-refractivity contribution in [1.29, 1.82) is 0 Å². The Kier molecular flexibility index (Phi) is 8.90. The van der Waals surface area contributed by atoms with E-state index in [1.54, 1.807) is 17.1 Å². The summed E-state index contributed by atoms with van der Waals surface area (Å²) in [5.74, 6) is -2.88. The molecule has 4 rings (SSSR count). The van der Waals surface area contributed by atoms with Gasteiger partial charge in [-0.15, -0.1) is 13.2 Å². The summed E-state index contributed by atoms with van der Waals surface area (Å²) in [6, 6.07) is 7.77. The monoisotopic (exact) mass is 552 g/mol. The van der Waals surface area contributed by atoms with Crippen LogP contribution in [0.4, 0.5) is 0 Å². The summed E-state index contributed by atoms with van der Waals surface area (Å²) in [5, 5.41) is 10.6. The Morgan fingerprint density at radius 3 is 2.55 bits per heavy atom. The van der Waals surface area contributed by atoms with Crippen LogP contribution >= 0.6 is 0 Å². The van der Waals surface area contributed by atoms with E-state index in [9.17, 15) is 19.5 Å². The first kappa shape index (κ1) is 30.0. The highest BCUT2D eigenvalue weighted by atomic mass is 16.6. The molecule has 8 nitrogen and oxygen atoms in total. The lowest BCUT2D eigenvalue weighted by molar-refractivity contribution is -0.164. The number of allylic oxidation sites excluding steroid dienone is 1. The van der Waals surface area contributed by atoms with Gasteiger partial charge in [-0.25, -0.2) is 0 Å². The fourth-order valence-electron chi connectivity index (χ4n) is 7.19. The van der Waals surface area contributed by atoms with Crippen molar-refractivity contribution in [2.75, 3.05) is 19.8 Å². The van der Waals surface area contributed by atoms with Gasteiger partial charge < -0.3 is 24.4 Å². The average molecular weight is 553 g/mol. The summed E-state index contributed by atoms with van der Waals surface area (Å²) in [4.78, 5) is 45.8. The number of likely N-dealkylation sites (tertiary alicyclic amines) is 1. The van der Waals surface area contributed by atoms with Crippen LogP contribution in [0.2, 0.25) is 0 Å². The summed E-state index contributed by atoms with van der Waals surface area (Å²) in [6.45, 7) is 15.5. The zero-order valence-corrected chi connectivity index (χ0v) is 24.3. The highest BCUT2D eigenvalue weighted by molar-refractivity contribution is 5.99. The maximum atomic E-state index is 14.5. The van der Waals surface area contributed by atoms with Crippen LogP contribution in [0.1, 0.15) is 52.5 Å². The summed E-state index contributed by atoms with van der Waals surface area (Å²) >= 11 is 0. The van der Waals surface area contributed by atoms with E-state index in [1.165, 1.54) is 4.90 Å². The molecular weight excluding hydrogens is 508 g/mol. The Morgan fingerprint density at radius 2 is 1.95 bits per heavy atom. The molecule has 1 aromatic carbocycles. The number of benzene rings is 1. The maximum absolute atomic E-state index is 14.5. The number of aliphatic hydroxyl groups is 1. The Labute approximate surface area is 238 Å². The predicted molar refractivity (Wildman–Crippen MR) is 152 cm³/mol. The fourth-order valence-corrected chi connectivity index (χ4v) is 7.19. The van der Waals surface area contributed by atoms with Crippen molar-refractivity contribution in [3.05, 3.63) is 61.2 Å². The van der Waals surface area contributed by atoms with Crippen LogP contribution in [0.5, 0.6) is 0 Å². The van der Waals surface area contributed by atoms with Crippen LogP contribution in [0.25, 0.3) is 0 Å². The normalized spacial score (nSPS) is 31.2. The summed E-state index contributed by atoms with van der Waals surface area (Å²) in [6.07, 6.45) is 5.61. The number of aliphatic hydroxyl groups excluding tert-OH is 1. The molecule has 3 unspecified atom stereocenters. The molecule has 2 bridgehead atoms. The molecule has 3 aliphatic rings. The Morgan fingerprint density at radius 1 is 1.25 bits per heavy atom. The van der Waals surface area contributed by atoms with Gasteiger partial charge in [0.1, 0.15) is 17.6 Å². The van der Waals surface area contributed by atoms with Crippen molar-refractivity contribution in [2.24, 2.45) is 17.8 Å². The molecule has 3 saturated heterocycles. The number of hydrogen-bond donors (Lipinski definition) is 1. The van der Waals surface area contributed by atoms with Crippen molar-refractivity contribution in [3.8, 4) is 0 Å². The van der Waals surface area contributed by atoms with E-state index in [4.69, 9.17) is 9.47 Å². The number of nitrogens with zero attached hydrogens (tertiary/aromatic N) is 2. The van der Waals surface area contributed by atoms with E-state index in [1.807, 2.05) is 58.0 Å². The molecule has 7 atom stereocenters. The quantitative estimate of drug-likeness (QED) is 0.229. The minimum Gasteiger partial charge on any atom is -0.465 e. The van der Waals surface area contributed by atoms with Crippen LogP contribution in [-0.2, 0) is 30.3 Å². The third-order valence-corrected chi connectivity index (χ3v) is 9.19. The van der Waals surface area contributed by atoms with Crippen LogP contribution in [0, 0.1) is 17.8 Å². The molecule has 40 heavy (non-hydrogen) atoms. The molecule has 0 radical (unpaired) electrons. The highest BCUT2D eigenvalue weighted by Crippen LogP contribution is 2.65. The number of ether oxygens (including phenoxy) is 2. The van der Waals surface area contributed by atoms with E-state index >= 15 is 0 Å². The molecule has 8 heteroatoms. The third-order valence-electron chi connectivity index (χ3n) is 9.19. The summed E-state index contributed by atoms with van der Waals surface area (Å²) in [5.41, 5.74) is -1.22. The number of amides is 2. The van der Waals surface area contributed by atoms with Gasteiger partial charge in [0, 0.05) is 12.6 Å². The first-order valence-corrected chi connectivity index (χ1v) is 14.4. The van der Waals surface area contributed by atoms with Crippen molar-refractivity contribution in [1.82, 2.24) is 9.80 Å². The molecule has 3 heterocycles. The van der Waals surface area contributed by atoms with Crippen molar-refractivity contribution in [2.45, 2.75) is 82.7 Å². The van der Waals surface area contributed by atoms with Gasteiger partial charge in [-0.1, -0.05) is 49.4 Å². The molecule has 3 aliphatic heterocycles. The zero-order chi connectivity index (χ0) is 29.2. The van der Waals surface area contributed by atoms with E-state index in [2.05, 4.69) is 13.2 Å². The Balaban J connectivity index is 1.80. The number of rotatable bonds is 13. The van der Waals surface area contributed by atoms with Gasteiger partial charge in [-0.05, 0) is 57.9 Å². The first-order chi connectivity index (χ1) is 19.1. The number of carbonyl (C=O) groups is 3. The summed E-state index contributed by atoms with van der Waals surface area (Å²) in [7, 11) is 0. The van der Waals surface area contributed by atoms with Crippen LogP contribution in [0.15, 0.2) is 55.6 Å². The molecule has 1 spiro atoms. The van der Waals surface area contributed by atoms with Gasteiger partial charge in [-0.2, -0.15) is 0 Å². The second-order valence-corrected chi connectivity index (χ2v) is 11.9. The molecule has 0 aromatic heterocycles. The van der Waals surface area contributed by atoms with Gasteiger partial charge in [0.15, 0.2) is 0 Å². The van der Waals surface area contributed by atoms with Crippen molar-refractivity contribution >= 4 is 17.8 Å². The molecule has 1 N–H and O–H groups in total. The van der Waals surface area contributed by atoms with Gasteiger partial charge in [0.05, 0.1) is 30.8 Å². The molecule has 218 valence electrons. The van der Waals surface area contributed by atoms with Gasteiger partial charge in [-0.3, -0.25) is 14.4 Å². The smallest absolute Gasteiger partial charge is 0.312 e. The van der Waals surface area contributed by atoms with Crippen molar-refractivity contribution < 1.29 is 29.0 Å². The SMILES string of the molecule is C=CCCCOC(=O)[C@H]1[C@H]2C(=O)N([C@@H](CO)Cc3ccccc3)C(C(=O)N(CC=C)C(C)C)C23CC(C)[C@]1(C)O3. The van der Waals surface area contributed by atoms with Crippen LogP contribution < -0.4 is 0 Å². The first-order valence-electron chi connectivity index (χ1n) is 14.4. The lowest BCUT2D eigenvalue weighted by Crippen LogP contribution is -2.60. The lowest BCUT2D eigenvalue weighted by Gasteiger charge is -2.40. The van der Waals surface area contributed by atoms with E-state index in [0.29, 0.717) is 32.2 Å². The van der Waals surface area contributed by atoms with Crippen molar-refractivity contribution in [3.63, 3.8) is 0 Å². The number of carbonyl (C=O) groups excluding carboxylic acids is 3. The molecular formula is C32H44N2O6. The topological polar surface area (TPSA) is 96.4 Å². The van der Waals surface area contributed by atoms with Crippen LogP contribution in [0.3, 0.4) is 0 Å². The number of fused-ring (bicyclic) bond motifs is 1. The molecule has 2 amide bonds. The fraction of sp³-hybridized carbons (Fsp3) is 0.594. The second-order valence-electron chi connectivity index (χ2n) is 11.9. The minimum absolute atomic E-state index is 0.0915. The maximum Gasteiger partial charge on any atom is 0.312 e. The van der Waals surface area contributed by atoms with Crippen LogP contribution in [-0.4, -0.2) is 81.8 Å². The molecule has 3 fully saturated rings. The number of unbranched alkanes of at least 4 members (excludes halogenated alkanes) is 1. The van der Waals surface area contributed by atoms with E-state index < -0.39 is 41.1 Å². The van der Waals surface area contributed by atoms with Gasteiger partial charge >= 0.3 is 5.97 Å². The zero-order valence-electron chi connectivity index (χ0n) is 24.3. The largest absolute Gasteiger partial charge is 0.465 e. The third kappa shape index (κ3) is 4.90. The molecule has 0 saturated carbocycles. The lowest BCUT2D eigenvalue weighted by atomic mass is 9.62. The van der Waals surface area contributed by atoms with E-state index in [-0.39, 0.29) is 37.0 Å². The molecule has 1 aromatic rings. The standard InChI is InChI=1S/C32H44N2O6/c1-7-9-13-17-39-30(38)26-25-28(36)34(24(20-35)18-23-14-11-10-12-15-23)27(29(37)33(16-8-2)21(3)4)32(25)19-22(5)31(26,6)40-32/h7-8,10-12,14-15,21-22,24-27,35H,1-2,9,13,16-20H2,3-6H3/t22?,24-,25+,26-,27?,31+,32?/m1/s1. The highest BCUT2D eigenvalue weighted by Gasteiger charge is 2.80. The average Bonchev–Trinajstić information content (AvgIpc) is 3.45. The summed E-state index contributed by atoms with van der Waals surface area (Å²) < 4.78 is 12.5. The number of esters is 1. The Bertz CT molecular complexity index is 1120. The number of hydrogen-bond acceptors (Lipinski definition) is 6. The Hall–Kier alpha value is -2.97. The van der Waals surface area contributed by atoms with Gasteiger partial charge in [0.25, 0.3) is 0 Å². The predicted octanol–water partition coefficient (Wildman–Crippen LogP) is 3.53. The van der Waals surface area contributed by atoms with Gasteiger partial charge in [0.2, 0.25) is 11.8 Å².